The third-order valence-corrected chi connectivity index (χ3v) is 2.04. The van der Waals surface area contributed by atoms with Crippen LogP contribution in [0.4, 0.5) is 13.2 Å². The summed E-state index contributed by atoms with van der Waals surface area (Å²) in [5.41, 5.74) is -1.50. The van der Waals surface area contributed by atoms with Crippen molar-refractivity contribution in [2.75, 3.05) is 0 Å². The van der Waals surface area contributed by atoms with Gasteiger partial charge in [-0.2, -0.15) is 13.2 Å². The summed E-state index contributed by atoms with van der Waals surface area (Å²) in [7, 11) is 0. The number of hydrogen-bond donors (Lipinski definition) is 2. The second-order valence-electron chi connectivity index (χ2n) is 3.23. The molecule has 0 aliphatic rings. The van der Waals surface area contributed by atoms with Gasteiger partial charge < -0.3 is 11.6 Å². The van der Waals surface area contributed by atoms with Gasteiger partial charge in [-0.15, -0.1) is 0 Å². The predicted molar refractivity (Wildman–Crippen MR) is 50.6 cm³/mol. The van der Waals surface area contributed by atoms with Gasteiger partial charge in [-0.25, -0.2) is 0 Å². The molecule has 0 bridgehead atoms. The number of rotatable bonds is 3. The zero-order valence-corrected chi connectivity index (χ0v) is 12.4. The molecule has 0 aromatic heterocycles. The van der Waals surface area contributed by atoms with E-state index in [2.05, 4.69) is 0 Å². The molecule has 0 heterocycles. The van der Waals surface area contributed by atoms with Crippen molar-refractivity contribution in [3.8, 4) is 0 Å². The van der Waals surface area contributed by atoms with Crippen molar-refractivity contribution in [2.45, 2.75) is 12.1 Å². The van der Waals surface area contributed by atoms with E-state index in [9.17, 15) is 22.8 Å². The Morgan fingerprint density at radius 2 is 1.67 bits per heavy atom. The summed E-state index contributed by atoms with van der Waals surface area (Å²) in [6, 6.07) is 3.26. The number of halogens is 3. The molecule has 0 radical (unpaired) electrons. The predicted octanol–water partition coefficient (Wildman–Crippen LogP) is -0.925. The summed E-state index contributed by atoms with van der Waals surface area (Å²) in [5.74, 6) is -5.43. The molecular weight excluding hydrogens is 280 g/mol. The van der Waals surface area contributed by atoms with E-state index in [1.54, 1.807) is 0 Å². The first-order chi connectivity index (χ1) is 7.73. The van der Waals surface area contributed by atoms with Crippen LogP contribution in [-0.4, -0.2) is 22.2 Å². The van der Waals surface area contributed by atoms with Gasteiger partial charge >= 0.3 is 69.5 Å². The van der Waals surface area contributed by atoms with Crippen LogP contribution >= 0.6 is 0 Å². The van der Waals surface area contributed by atoms with Gasteiger partial charge in [0.2, 0.25) is 0 Å². The number of carboxylic acid groups (broad SMARTS) is 2. The van der Waals surface area contributed by atoms with Crippen LogP contribution in [0.3, 0.4) is 0 Å². The molecule has 1 aromatic rings. The third-order valence-electron chi connectivity index (χ3n) is 2.04. The number of hydrogen-bond acceptors (Lipinski definition) is 2. The standard InChI is InChI=1S/C10H7F3O4.K.H/c11-10(12,13)6-3-1-2-5(4-6)7(8(14)15)9(16)17;;/h1-4,7H,(H,14,15)(H,16,17);;/q;+1;-1. The molecule has 0 saturated carbocycles. The van der Waals surface area contributed by atoms with Crippen molar-refractivity contribution in [1.29, 1.82) is 0 Å². The van der Waals surface area contributed by atoms with Crippen LogP contribution in [0, 0.1) is 0 Å². The van der Waals surface area contributed by atoms with Gasteiger partial charge in [0.1, 0.15) is 0 Å². The number of carboxylic acids is 2. The average Bonchev–Trinajstić information content (AvgIpc) is 2.15. The molecular formula is C10H8F3KO4. The number of aliphatic carboxylic acids is 2. The molecule has 0 aliphatic carbocycles. The maximum atomic E-state index is 12.3. The van der Waals surface area contributed by atoms with Crippen LogP contribution in [0.2, 0.25) is 0 Å². The van der Waals surface area contributed by atoms with Crippen molar-refractivity contribution in [3.63, 3.8) is 0 Å². The van der Waals surface area contributed by atoms with Crippen molar-refractivity contribution in [3.05, 3.63) is 35.4 Å². The Kier molecular flexibility index (Phi) is 6.51. The van der Waals surface area contributed by atoms with E-state index >= 15 is 0 Å². The van der Waals surface area contributed by atoms with Crippen LogP contribution < -0.4 is 51.4 Å². The van der Waals surface area contributed by atoms with E-state index in [-0.39, 0.29) is 52.8 Å². The Labute approximate surface area is 144 Å². The number of alkyl halides is 3. The Morgan fingerprint density at radius 1 is 1.17 bits per heavy atom. The fourth-order valence-corrected chi connectivity index (χ4v) is 1.29. The smallest absolute Gasteiger partial charge is 1.00 e. The van der Waals surface area contributed by atoms with E-state index in [0.29, 0.717) is 6.07 Å². The van der Waals surface area contributed by atoms with Gasteiger partial charge in [0.05, 0.1) is 5.56 Å². The van der Waals surface area contributed by atoms with Gasteiger partial charge in [-0.05, 0) is 11.6 Å². The molecule has 0 saturated heterocycles. The van der Waals surface area contributed by atoms with E-state index < -0.39 is 35.2 Å². The minimum Gasteiger partial charge on any atom is -1.00 e. The monoisotopic (exact) mass is 288 g/mol. The molecule has 8 heteroatoms. The second-order valence-corrected chi connectivity index (χ2v) is 3.23. The van der Waals surface area contributed by atoms with Gasteiger partial charge in [0.15, 0.2) is 5.92 Å². The van der Waals surface area contributed by atoms with E-state index in [4.69, 9.17) is 10.2 Å². The molecule has 0 atom stereocenters. The van der Waals surface area contributed by atoms with Crippen LogP contribution in [0.5, 0.6) is 0 Å². The summed E-state index contributed by atoms with van der Waals surface area (Å²) >= 11 is 0. The van der Waals surface area contributed by atoms with Crippen molar-refractivity contribution in [2.24, 2.45) is 0 Å². The first-order valence-corrected chi connectivity index (χ1v) is 4.36. The molecule has 0 spiro atoms. The largest absolute Gasteiger partial charge is 1.00 e. The molecule has 1 rings (SSSR count). The van der Waals surface area contributed by atoms with E-state index in [0.717, 1.165) is 18.2 Å². The molecule has 18 heavy (non-hydrogen) atoms. The minimum absolute atomic E-state index is 0. The van der Waals surface area contributed by atoms with Crippen molar-refractivity contribution < 1.29 is 85.8 Å². The van der Waals surface area contributed by atoms with Crippen molar-refractivity contribution in [1.82, 2.24) is 0 Å². The van der Waals surface area contributed by atoms with Gasteiger partial charge in [0.25, 0.3) is 0 Å². The Balaban J connectivity index is 0. The topological polar surface area (TPSA) is 74.6 Å². The van der Waals surface area contributed by atoms with Gasteiger partial charge in [-0.1, -0.05) is 18.2 Å². The number of carbonyl (C=O) groups is 2. The quantitative estimate of drug-likeness (QED) is 0.557. The van der Waals surface area contributed by atoms with Crippen LogP contribution in [0.1, 0.15) is 18.5 Å². The zero-order valence-electron chi connectivity index (χ0n) is 10.2. The second kappa shape index (κ2) is 6.67. The summed E-state index contributed by atoms with van der Waals surface area (Å²) in [6.45, 7) is 0. The normalized spacial score (nSPS) is 10.9. The molecule has 0 fully saturated rings. The SMILES string of the molecule is O=C(O)C(C(=O)O)c1cccc(C(F)(F)F)c1.[H-].[K+]. The summed E-state index contributed by atoms with van der Waals surface area (Å²) in [4.78, 5) is 21.3. The maximum Gasteiger partial charge on any atom is 1.00 e. The Hall–Kier alpha value is -0.414. The fourth-order valence-electron chi connectivity index (χ4n) is 1.29. The zero-order chi connectivity index (χ0) is 13.2. The van der Waals surface area contributed by atoms with Crippen LogP contribution in [-0.2, 0) is 15.8 Å². The molecule has 0 amide bonds. The van der Waals surface area contributed by atoms with Crippen molar-refractivity contribution >= 4 is 11.9 Å². The maximum absolute atomic E-state index is 12.3. The number of benzene rings is 1. The first-order valence-electron chi connectivity index (χ1n) is 4.36. The minimum atomic E-state index is -4.64. The first kappa shape index (κ1) is 17.6. The molecule has 1 aromatic carbocycles. The van der Waals surface area contributed by atoms with Gasteiger partial charge in [-0.3, -0.25) is 9.59 Å². The summed E-state index contributed by atoms with van der Waals surface area (Å²) in [6.07, 6.45) is -4.64. The molecule has 4 nitrogen and oxygen atoms in total. The van der Waals surface area contributed by atoms with E-state index in [1.807, 2.05) is 0 Å². The summed E-state index contributed by atoms with van der Waals surface area (Å²) < 4.78 is 37.0. The van der Waals surface area contributed by atoms with Crippen LogP contribution in [0.15, 0.2) is 24.3 Å². The Morgan fingerprint density at radius 3 is 2.06 bits per heavy atom. The van der Waals surface area contributed by atoms with Gasteiger partial charge in [0, 0.05) is 0 Å². The Bertz CT molecular complexity index is 450. The van der Waals surface area contributed by atoms with Crippen LogP contribution in [0.25, 0.3) is 0 Å². The molecule has 0 aliphatic heterocycles. The summed E-state index contributed by atoms with van der Waals surface area (Å²) in [5, 5.41) is 17.3. The molecule has 2 N–H and O–H groups in total. The fraction of sp³-hybridized carbons (Fsp3) is 0.200. The molecule has 94 valence electrons. The van der Waals surface area contributed by atoms with E-state index in [1.165, 1.54) is 0 Å². The average molecular weight is 288 g/mol. The molecule has 0 unspecified atom stereocenters. The third kappa shape index (κ3) is 4.36.